The maximum atomic E-state index is 12.2. The molecule has 28 heavy (non-hydrogen) atoms. The van der Waals surface area contributed by atoms with E-state index >= 15 is 0 Å². The summed E-state index contributed by atoms with van der Waals surface area (Å²) in [5.41, 5.74) is 0.687. The molecule has 0 bridgehead atoms. The van der Waals surface area contributed by atoms with Crippen LogP contribution < -0.4 is 9.97 Å². The van der Waals surface area contributed by atoms with Crippen LogP contribution >= 0.6 is 22.6 Å². The number of hydrogen-bond donors (Lipinski definition) is 2. The number of para-hydroxylation sites is 1. The predicted molar refractivity (Wildman–Crippen MR) is 106 cm³/mol. The van der Waals surface area contributed by atoms with Crippen molar-refractivity contribution in [2.75, 3.05) is 6.79 Å². The van der Waals surface area contributed by atoms with Gasteiger partial charge in [0.05, 0.1) is 28.5 Å². The number of nitrogens with one attached hydrogen (secondary N) is 1. The minimum atomic E-state index is -1.36. The molecule has 2 N–H and O–H groups in total. The van der Waals surface area contributed by atoms with Crippen LogP contribution in [0.1, 0.15) is 42.1 Å². The summed E-state index contributed by atoms with van der Waals surface area (Å²) in [5.74, 6) is -1.59. The van der Waals surface area contributed by atoms with E-state index in [1.165, 1.54) is 35.6 Å². The van der Waals surface area contributed by atoms with Crippen molar-refractivity contribution in [2.45, 2.75) is 38.5 Å². The van der Waals surface area contributed by atoms with Gasteiger partial charge in [0, 0.05) is 12.8 Å². The van der Waals surface area contributed by atoms with E-state index in [0.29, 0.717) is 18.4 Å². The van der Waals surface area contributed by atoms with Crippen molar-refractivity contribution < 1.29 is 38.3 Å². The number of ether oxygens (including phenoxy) is 2. The fourth-order valence-corrected chi connectivity index (χ4v) is 2.82. The number of halogens is 1. The fraction of sp³-hybridized carbons (Fsp3) is 0.412. The zero-order valence-corrected chi connectivity index (χ0v) is 17.3. The predicted octanol–water partition coefficient (Wildman–Crippen LogP) is 1.57. The van der Waals surface area contributed by atoms with Gasteiger partial charge in [-0.2, -0.15) is 0 Å². The first-order chi connectivity index (χ1) is 13.3. The lowest BCUT2D eigenvalue weighted by molar-refractivity contribution is -0.121. The van der Waals surface area contributed by atoms with Gasteiger partial charge in [0.25, 0.3) is 0 Å². The Hall–Kier alpha value is -2.15. The lowest BCUT2D eigenvalue weighted by Gasteiger charge is -2.29. The third-order valence-corrected chi connectivity index (χ3v) is 4.29. The van der Waals surface area contributed by atoms with E-state index in [1.807, 2.05) is 0 Å². The van der Waals surface area contributed by atoms with E-state index in [-0.39, 0.29) is 35.8 Å². The number of hydrogen-bond acceptors (Lipinski definition) is 8. The molecule has 1 amide bonds. The van der Waals surface area contributed by atoms with Crippen LogP contribution in [0.5, 0.6) is 5.75 Å². The van der Waals surface area contributed by atoms with E-state index in [1.54, 1.807) is 12.1 Å². The monoisotopic (exact) mass is 503 g/mol. The Kier molecular flexibility index (Phi) is 8.24. The minimum absolute atomic E-state index is 0.00966. The molecule has 0 aromatic heterocycles. The first-order valence-electron chi connectivity index (χ1n) is 8.52. The Morgan fingerprint density at radius 3 is 2.71 bits per heavy atom. The third-order valence-electron chi connectivity index (χ3n) is 3.98. The van der Waals surface area contributed by atoms with Crippen molar-refractivity contribution in [3.63, 3.8) is 0 Å². The molecule has 0 saturated carbocycles. The van der Waals surface area contributed by atoms with Gasteiger partial charge in [0.15, 0.2) is 0 Å². The fourth-order valence-electron chi connectivity index (χ4n) is 2.69. The normalized spacial score (nSPS) is 15.1. The topological polar surface area (TPSA) is 128 Å². The molecule has 0 aliphatic carbocycles. The van der Waals surface area contributed by atoms with Gasteiger partial charge in [-0.15, -0.1) is 0 Å². The number of esters is 1. The second-order valence-corrected chi connectivity index (χ2v) is 7.05. The second-order valence-electron chi connectivity index (χ2n) is 6.17. The number of carbonyl (C=O) groups is 4. The van der Waals surface area contributed by atoms with E-state index in [0.717, 1.165) is 0 Å². The molecule has 1 aliphatic rings. The summed E-state index contributed by atoms with van der Waals surface area (Å²) in [7, 11) is -1.36. The number of fused-ring (bicyclic) bond motifs is 1. The molecular weight excluding hydrogens is 484 g/mol. The molecule has 0 fully saturated rings. The molecule has 9 nitrogen and oxygen atoms in total. The molecule has 1 atom stereocenters. The number of Topliss-reactive ketones (excluding diaryl/α,β-unsaturated/α-hetero) is 1. The molecule has 1 aliphatic heterocycles. The first kappa shape index (κ1) is 22.1. The van der Waals surface area contributed by atoms with E-state index in [9.17, 15) is 24.2 Å². The number of amides is 1. The number of ketones is 1. The largest absolute Gasteiger partial charge is 0.547 e. The summed E-state index contributed by atoms with van der Waals surface area (Å²) in [6.45, 7) is 0.924. The van der Waals surface area contributed by atoms with Gasteiger partial charge in [-0.3, -0.25) is 4.79 Å². The summed E-state index contributed by atoms with van der Waals surface area (Å²) in [5, 5.41) is 12.9. The maximum absolute atomic E-state index is 12.2. The molecule has 0 spiro atoms. The van der Waals surface area contributed by atoms with Crippen molar-refractivity contribution >= 4 is 51.3 Å². The zero-order chi connectivity index (χ0) is 20.7. The van der Waals surface area contributed by atoms with Crippen LogP contribution in [-0.2, 0) is 25.5 Å². The van der Waals surface area contributed by atoms with Gasteiger partial charge in [0.2, 0.25) is 12.7 Å². The Labute approximate surface area is 175 Å². The lowest BCUT2D eigenvalue weighted by Crippen LogP contribution is -2.53. The van der Waals surface area contributed by atoms with Gasteiger partial charge in [-0.05, 0) is 31.4 Å². The SMILES string of the molecule is CC(=O)CCCC(=O)N[C@H]1Cc2cccc(C(=O)OCOC(=O)I)c2OB1O. The summed E-state index contributed by atoms with van der Waals surface area (Å²) in [6.07, 6.45) is 1.16. The van der Waals surface area contributed by atoms with Crippen LogP contribution in [-0.4, -0.2) is 46.5 Å². The summed E-state index contributed by atoms with van der Waals surface area (Å²) in [6, 6.07) is 4.78. The van der Waals surface area contributed by atoms with E-state index in [4.69, 9.17) is 9.39 Å². The van der Waals surface area contributed by atoms with Crippen molar-refractivity contribution in [1.29, 1.82) is 0 Å². The van der Waals surface area contributed by atoms with Gasteiger partial charge < -0.3 is 29.3 Å². The van der Waals surface area contributed by atoms with Crippen LogP contribution in [0.3, 0.4) is 0 Å². The van der Waals surface area contributed by atoms with Crippen LogP contribution in [0.4, 0.5) is 4.79 Å². The Morgan fingerprint density at radius 2 is 2.04 bits per heavy atom. The molecule has 2 rings (SSSR count). The molecule has 11 heteroatoms. The summed E-state index contributed by atoms with van der Waals surface area (Å²) in [4.78, 5) is 45.8. The zero-order valence-electron chi connectivity index (χ0n) is 15.1. The average Bonchev–Trinajstić information content (AvgIpc) is 2.61. The summed E-state index contributed by atoms with van der Waals surface area (Å²) >= 11 is 1.40. The number of carbonyl (C=O) groups excluding carboxylic acids is 4. The van der Waals surface area contributed by atoms with Crippen molar-refractivity contribution in [2.24, 2.45) is 0 Å². The van der Waals surface area contributed by atoms with Gasteiger partial charge in [0.1, 0.15) is 17.1 Å². The Bertz CT molecular complexity index is 772. The highest BCUT2D eigenvalue weighted by atomic mass is 127. The molecule has 0 saturated heterocycles. The smallest absolute Gasteiger partial charge is 0.534 e. The van der Waals surface area contributed by atoms with E-state index in [2.05, 4.69) is 10.1 Å². The van der Waals surface area contributed by atoms with Crippen molar-refractivity contribution in [1.82, 2.24) is 5.32 Å². The van der Waals surface area contributed by atoms with Crippen LogP contribution in [0.15, 0.2) is 18.2 Å². The molecule has 0 radical (unpaired) electrons. The molecule has 150 valence electrons. The molecular formula is C17H19BINO8. The number of benzene rings is 1. The highest BCUT2D eigenvalue weighted by molar-refractivity contribution is 14.1. The molecule has 1 aromatic rings. The quantitative estimate of drug-likeness (QED) is 0.180. The van der Waals surface area contributed by atoms with Gasteiger partial charge >= 0.3 is 17.1 Å². The van der Waals surface area contributed by atoms with E-state index < -0.39 is 29.8 Å². The minimum Gasteiger partial charge on any atom is -0.534 e. The maximum Gasteiger partial charge on any atom is 0.547 e. The second kappa shape index (κ2) is 10.4. The lowest BCUT2D eigenvalue weighted by atomic mass is 9.72. The van der Waals surface area contributed by atoms with Crippen LogP contribution in [0.2, 0.25) is 0 Å². The average molecular weight is 503 g/mol. The highest BCUT2D eigenvalue weighted by Crippen LogP contribution is 2.30. The Balaban J connectivity index is 2.00. The highest BCUT2D eigenvalue weighted by Gasteiger charge is 2.37. The first-order valence-corrected chi connectivity index (χ1v) is 9.60. The Morgan fingerprint density at radius 1 is 1.29 bits per heavy atom. The molecule has 0 unspecified atom stereocenters. The molecule has 1 aromatic carbocycles. The van der Waals surface area contributed by atoms with Crippen LogP contribution in [0.25, 0.3) is 0 Å². The standard InChI is InChI=1S/C17H19BINO8/c1-10(21)4-2-7-14(22)20-13-8-11-5-3-6-12(15(11)28-18(13)25)16(23)26-9-27-17(19)24/h3,5-6,13,25H,2,4,7-9H2,1H3,(H,20,22)/t13-/m0/s1. The van der Waals surface area contributed by atoms with Gasteiger partial charge in [-0.25, -0.2) is 9.59 Å². The third kappa shape index (κ3) is 6.48. The van der Waals surface area contributed by atoms with Crippen LogP contribution in [0, 0.1) is 0 Å². The van der Waals surface area contributed by atoms with Crippen molar-refractivity contribution in [3.05, 3.63) is 29.3 Å². The molecule has 1 heterocycles. The van der Waals surface area contributed by atoms with Gasteiger partial charge in [-0.1, -0.05) is 12.1 Å². The van der Waals surface area contributed by atoms with Crippen molar-refractivity contribution in [3.8, 4) is 5.75 Å². The summed E-state index contributed by atoms with van der Waals surface area (Å²) < 4.78 is 14.2. The number of rotatable bonds is 8.